The molecule has 148 valence electrons. The summed E-state index contributed by atoms with van der Waals surface area (Å²) in [5, 5.41) is 4.85. The topological polar surface area (TPSA) is 81.7 Å². The molecule has 6 nitrogen and oxygen atoms in total. The molecular formula is C22H19NO5S. The summed E-state index contributed by atoms with van der Waals surface area (Å²) >= 11 is 1.39. The Labute approximate surface area is 172 Å². The third kappa shape index (κ3) is 4.75. The highest BCUT2D eigenvalue weighted by Crippen LogP contribution is 2.28. The molecule has 1 amide bonds. The zero-order valence-electron chi connectivity index (χ0n) is 15.9. The van der Waals surface area contributed by atoms with Gasteiger partial charge in [-0.15, -0.1) is 11.8 Å². The highest BCUT2D eigenvalue weighted by atomic mass is 32.2. The van der Waals surface area contributed by atoms with Gasteiger partial charge in [0.25, 0.3) is 0 Å². The van der Waals surface area contributed by atoms with Gasteiger partial charge in [-0.25, -0.2) is 9.59 Å². The van der Waals surface area contributed by atoms with Crippen LogP contribution in [-0.4, -0.2) is 37.8 Å². The minimum atomic E-state index is -0.613. The van der Waals surface area contributed by atoms with E-state index in [1.165, 1.54) is 44.2 Å². The number of methoxy groups -OCH3 is 2. The van der Waals surface area contributed by atoms with Gasteiger partial charge in [-0.3, -0.25) is 4.79 Å². The first-order chi connectivity index (χ1) is 14.0. The van der Waals surface area contributed by atoms with Crippen LogP contribution >= 0.6 is 11.8 Å². The number of anilines is 1. The molecule has 3 aromatic rings. The number of amides is 1. The van der Waals surface area contributed by atoms with Crippen molar-refractivity contribution < 1.29 is 23.9 Å². The summed E-state index contributed by atoms with van der Waals surface area (Å²) in [5.41, 5.74) is 0.573. The Morgan fingerprint density at radius 1 is 0.897 bits per heavy atom. The number of benzene rings is 3. The molecule has 0 aliphatic carbocycles. The van der Waals surface area contributed by atoms with Crippen molar-refractivity contribution in [1.82, 2.24) is 0 Å². The van der Waals surface area contributed by atoms with Crippen molar-refractivity contribution >= 4 is 46.1 Å². The monoisotopic (exact) mass is 409 g/mol. The smallest absolute Gasteiger partial charge is 0.339 e. The normalized spacial score (nSPS) is 10.4. The summed E-state index contributed by atoms with van der Waals surface area (Å²) in [6.45, 7) is 0. The standard InChI is InChI=1S/C22H19NO5S/c1-27-21(25)15-10-11-17(22(26)28-2)18(12-15)23-20(24)13-29-19-9-5-7-14-6-3-4-8-16(14)19/h3-12H,13H2,1-2H3,(H,23,24). The number of thioether (sulfide) groups is 1. The molecule has 0 aliphatic heterocycles. The number of ether oxygens (including phenoxy) is 2. The van der Waals surface area contributed by atoms with Crippen LogP contribution in [0.4, 0.5) is 5.69 Å². The van der Waals surface area contributed by atoms with Gasteiger partial charge in [-0.2, -0.15) is 0 Å². The van der Waals surface area contributed by atoms with E-state index in [0.717, 1.165) is 15.7 Å². The van der Waals surface area contributed by atoms with Gasteiger partial charge in [0.1, 0.15) is 0 Å². The van der Waals surface area contributed by atoms with Crippen LogP contribution in [0.3, 0.4) is 0 Å². The molecule has 0 radical (unpaired) electrons. The summed E-state index contributed by atoms with van der Waals surface area (Å²) in [6, 6.07) is 18.1. The van der Waals surface area contributed by atoms with E-state index in [9.17, 15) is 14.4 Å². The van der Waals surface area contributed by atoms with Gasteiger partial charge >= 0.3 is 11.9 Å². The van der Waals surface area contributed by atoms with Crippen LogP contribution in [0, 0.1) is 0 Å². The van der Waals surface area contributed by atoms with Crippen molar-refractivity contribution in [2.45, 2.75) is 4.90 Å². The van der Waals surface area contributed by atoms with Crippen LogP contribution in [-0.2, 0) is 14.3 Å². The van der Waals surface area contributed by atoms with E-state index in [0.29, 0.717) is 0 Å². The number of nitrogens with one attached hydrogen (secondary N) is 1. The number of hydrogen-bond donors (Lipinski definition) is 1. The van der Waals surface area contributed by atoms with Gasteiger partial charge in [-0.05, 0) is 35.0 Å². The number of fused-ring (bicyclic) bond motifs is 1. The summed E-state index contributed by atoms with van der Waals surface area (Å²) in [6.07, 6.45) is 0. The van der Waals surface area contributed by atoms with Crippen LogP contribution in [0.2, 0.25) is 0 Å². The maximum absolute atomic E-state index is 12.5. The molecule has 0 fully saturated rings. The number of esters is 2. The molecule has 1 N–H and O–H groups in total. The van der Waals surface area contributed by atoms with Gasteiger partial charge in [-0.1, -0.05) is 36.4 Å². The Kier molecular flexibility index (Phi) is 6.51. The van der Waals surface area contributed by atoms with E-state index >= 15 is 0 Å². The van der Waals surface area contributed by atoms with Crippen molar-refractivity contribution in [2.24, 2.45) is 0 Å². The summed E-state index contributed by atoms with van der Waals surface area (Å²) in [4.78, 5) is 37.3. The summed E-state index contributed by atoms with van der Waals surface area (Å²) in [7, 11) is 2.51. The van der Waals surface area contributed by atoms with Gasteiger partial charge in [0.05, 0.1) is 36.8 Å². The van der Waals surface area contributed by atoms with E-state index in [1.54, 1.807) is 0 Å². The molecule has 3 aromatic carbocycles. The maximum atomic E-state index is 12.5. The molecule has 0 saturated heterocycles. The molecule has 0 aromatic heterocycles. The lowest BCUT2D eigenvalue weighted by molar-refractivity contribution is -0.113. The van der Waals surface area contributed by atoms with E-state index in [2.05, 4.69) is 5.32 Å². The number of hydrogen-bond acceptors (Lipinski definition) is 6. The third-order valence-electron chi connectivity index (χ3n) is 4.23. The first-order valence-electron chi connectivity index (χ1n) is 8.74. The fraction of sp³-hybridized carbons (Fsp3) is 0.136. The fourth-order valence-electron chi connectivity index (χ4n) is 2.83. The Morgan fingerprint density at radius 3 is 2.38 bits per heavy atom. The number of carbonyl (C=O) groups excluding carboxylic acids is 3. The summed E-state index contributed by atoms with van der Waals surface area (Å²) in [5.74, 6) is -1.35. The Bertz CT molecular complexity index is 1070. The van der Waals surface area contributed by atoms with E-state index in [-0.39, 0.29) is 28.5 Å². The van der Waals surface area contributed by atoms with Gasteiger partial charge in [0, 0.05) is 4.90 Å². The maximum Gasteiger partial charge on any atom is 0.339 e. The lowest BCUT2D eigenvalue weighted by atomic mass is 10.1. The number of carbonyl (C=O) groups is 3. The Balaban J connectivity index is 1.78. The lowest BCUT2D eigenvalue weighted by Gasteiger charge is -2.12. The van der Waals surface area contributed by atoms with Crippen LogP contribution in [0.15, 0.2) is 65.6 Å². The predicted octanol–water partition coefficient (Wildman–Crippen LogP) is 4.14. The van der Waals surface area contributed by atoms with E-state index in [4.69, 9.17) is 9.47 Å². The second-order valence-electron chi connectivity index (χ2n) is 6.06. The minimum absolute atomic E-state index is 0.136. The quantitative estimate of drug-likeness (QED) is 0.487. The lowest BCUT2D eigenvalue weighted by Crippen LogP contribution is -2.18. The van der Waals surface area contributed by atoms with Crippen molar-refractivity contribution in [3.63, 3.8) is 0 Å². The van der Waals surface area contributed by atoms with E-state index in [1.807, 2.05) is 42.5 Å². The third-order valence-corrected chi connectivity index (χ3v) is 5.30. The summed E-state index contributed by atoms with van der Waals surface area (Å²) < 4.78 is 9.45. The highest BCUT2D eigenvalue weighted by molar-refractivity contribution is 8.00. The molecule has 7 heteroatoms. The van der Waals surface area contributed by atoms with Gasteiger partial charge in [0.2, 0.25) is 5.91 Å². The average Bonchev–Trinajstić information content (AvgIpc) is 2.76. The minimum Gasteiger partial charge on any atom is -0.465 e. The molecule has 0 spiro atoms. The molecular weight excluding hydrogens is 390 g/mol. The van der Waals surface area contributed by atoms with Crippen LogP contribution in [0.1, 0.15) is 20.7 Å². The van der Waals surface area contributed by atoms with Crippen molar-refractivity contribution in [2.75, 3.05) is 25.3 Å². The molecule has 0 bridgehead atoms. The molecule has 29 heavy (non-hydrogen) atoms. The molecule has 0 unspecified atom stereocenters. The average molecular weight is 409 g/mol. The van der Waals surface area contributed by atoms with Crippen molar-refractivity contribution in [3.05, 3.63) is 71.8 Å². The molecule has 0 aliphatic rings. The van der Waals surface area contributed by atoms with Gasteiger partial charge in [0.15, 0.2) is 0 Å². The van der Waals surface area contributed by atoms with Crippen LogP contribution < -0.4 is 5.32 Å². The Morgan fingerprint density at radius 2 is 1.62 bits per heavy atom. The van der Waals surface area contributed by atoms with Crippen LogP contribution in [0.25, 0.3) is 10.8 Å². The second-order valence-corrected chi connectivity index (χ2v) is 7.07. The van der Waals surface area contributed by atoms with E-state index < -0.39 is 11.9 Å². The SMILES string of the molecule is COC(=O)c1ccc(C(=O)OC)c(NC(=O)CSc2cccc3ccccc23)c1. The number of rotatable bonds is 6. The zero-order valence-corrected chi connectivity index (χ0v) is 16.7. The predicted molar refractivity (Wildman–Crippen MR) is 112 cm³/mol. The van der Waals surface area contributed by atoms with Crippen molar-refractivity contribution in [1.29, 1.82) is 0 Å². The Hall–Kier alpha value is -3.32. The molecule has 0 atom stereocenters. The fourth-order valence-corrected chi connectivity index (χ4v) is 3.71. The first kappa shape index (κ1) is 20.4. The molecule has 0 heterocycles. The molecule has 0 saturated carbocycles. The second kappa shape index (κ2) is 9.25. The highest BCUT2D eigenvalue weighted by Gasteiger charge is 2.17. The largest absolute Gasteiger partial charge is 0.465 e. The van der Waals surface area contributed by atoms with Crippen LogP contribution in [0.5, 0.6) is 0 Å². The van der Waals surface area contributed by atoms with Gasteiger partial charge < -0.3 is 14.8 Å². The van der Waals surface area contributed by atoms with Crippen molar-refractivity contribution in [3.8, 4) is 0 Å². The zero-order chi connectivity index (χ0) is 20.8. The molecule has 3 rings (SSSR count). The first-order valence-corrected chi connectivity index (χ1v) is 9.73.